The minimum Gasteiger partial charge on any atom is -0.377 e. The molecule has 0 amide bonds. The average molecular weight is 296 g/mol. The summed E-state index contributed by atoms with van der Waals surface area (Å²) in [6.07, 6.45) is 6.35. The predicted octanol–water partition coefficient (Wildman–Crippen LogP) is 1.68. The summed E-state index contributed by atoms with van der Waals surface area (Å²) in [6, 6.07) is 3.23. The summed E-state index contributed by atoms with van der Waals surface area (Å²) in [5.41, 5.74) is 0. The third-order valence-corrected chi connectivity index (χ3v) is 5.32. The van der Waals surface area contributed by atoms with Gasteiger partial charge in [-0.15, -0.1) is 6.58 Å². The molecule has 1 aliphatic rings. The second-order valence-corrected chi connectivity index (χ2v) is 6.80. The predicted molar refractivity (Wildman–Crippen MR) is 76.7 cm³/mol. The maximum atomic E-state index is 12.4. The van der Waals surface area contributed by atoms with Crippen LogP contribution in [0.2, 0.25) is 0 Å². The summed E-state index contributed by atoms with van der Waals surface area (Å²) in [6.45, 7) is 5.91. The number of rotatable bonds is 6. The van der Waals surface area contributed by atoms with E-state index in [1.807, 2.05) is 0 Å². The Bertz CT molecular complexity index is 523. The first-order chi connectivity index (χ1) is 9.64. The first-order valence-corrected chi connectivity index (χ1v) is 8.17. The van der Waals surface area contributed by atoms with Crippen LogP contribution in [-0.2, 0) is 14.8 Å². The van der Waals surface area contributed by atoms with E-state index in [1.165, 1.54) is 10.5 Å². The molecular formula is C14H20N2O3S. The Morgan fingerprint density at radius 3 is 2.80 bits per heavy atom. The maximum Gasteiger partial charge on any atom is 0.244 e. The van der Waals surface area contributed by atoms with Crippen molar-refractivity contribution < 1.29 is 13.2 Å². The number of ether oxygens (including phenoxy) is 1. The smallest absolute Gasteiger partial charge is 0.244 e. The van der Waals surface area contributed by atoms with Crippen molar-refractivity contribution in [3.8, 4) is 0 Å². The minimum atomic E-state index is -3.40. The van der Waals surface area contributed by atoms with Crippen LogP contribution in [0.1, 0.15) is 12.8 Å². The molecule has 0 radical (unpaired) electrons. The van der Waals surface area contributed by atoms with Gasteiger partial charge in [0.1, 0.15) is 4.90 Å². The van der Waals surface area contributed by atoms with E-state index in [4.69, 9.17) is 4.74 Å². The highest BCUT2D eigenvalue weighted by atomic mass is 32.2. The lowest BCUT2D eigenvalue weighted by molar-refractivity contribution is 0.0982. The normalized spacial score (nSPS) is 18.0. The van der Waals surface area contributed by atoms with E-state index in [1.54, 1.807) is 24.4 Å². The van der Waals surface area contributed by atoms with Gasteiger partial charge in [-0.1, -0.05) is 6.08 Å². The summed E-state index contributed by atoms with van der Waals surface area (Å²) >= 11 is 0. The summed E-state index contributed by atoms with van der Waals surface area (Å²) in [7, 11) is -3.40. The third-order valence-electron chi connectivity index (χ3n) is 3.43. The number of hydrogen-bond donors (Lipinski definition) is 0. The highest BCUT2D eigenvalue weighted by Crippen LogP contribution is 2.23. The number of hydrogen-bond acceptors (Lipinski definition) is 4. The van der Waals surface area contributed by atoms with E-state index >= 15 is 0 Å². The third kappa shape index (κ3) is 3.65. The van der Waals surface area contributed by atoms with E-state index in [0.29, 0.717) is 32.2 Å². The van der Waals surface area contributed by atoms with Crippen molar-refractivity contribution >= 4 is 10.0 Å². The zero-order valence-electron chi connectivity index (χ0n) is 11.4. The van der Waals surface area contributed by atoms with Crippen LogP contribution in [0.5, 0.6) is 0 Å². The zero-order valence-corrected chi connectivity index (χ0v) is 12.3. The molecule has 2 heterocycles. The van der Waals surface area contributed by atoms with E-state index in [2.05, 4.69) is 11.6 Å². The molecule has 1 fully saturated rings. The van der Waals surface area contributed by atoms with Crippen molar-refractivity contribution in [2.24, 2.45) is 5.92 Å². The first kappa shape index (κ1) is 15.2. The van der Waals surface area contributed by atoms with Gasteiger partial charge in [0.2, 0.25) is 10.0 Å². The lowest BCUT2D eigenvalue weighted by Gasteiger charge is -2.30. The molecular weight excluding hydrogens is 276 g/mol. The molecule has 0 aromatic carbocycles. The minimum absolute atomic E-state index is 0.265. The second kappa shape index (κ2) is 6.97. The summed E-state index contributed by atoms with van der Waals surface area (Å²) < 4.78 is 31.8. The molecule has 1 aliphatic heterocycles. The van der Waals surface area contributed by atoms with Crippen molar-refractivity contribution in [1.82, 2.24) is 9.29 Å². The van der Waals surface area contributed by atoms with E-state index in [-0.39, 0.29) is 4.90 Å². The number of nitrogens with zero attached hydrogens (tertiary/aromatic N) is 2. The van der Waals surface area contributed by atoms with Crippen LogP contribution in [0.15, 0.2) is 42.1 Å². The number of pyridine rings is 1. The molecule has 1 saturated heterocycles. The van der Waals surface area contributed by atoms with Crippen LogP contribution in [-0.4, -0.2) is 44.0 Å². The summed E-state index contributed by atoms with van der Waals surface area (Å²) in [4.78, 5) is 4.14. The molecule has 0 unspecified atom stereocenters. The number of piperidine rings is 1. The summed E-state index contributed by atoms with van der Waals surface area (Å²) in [5.74, 6) is 0.426. The molecule has 1 aromatic heterocycles. The van der Waals surface area contributed by atoms with Crippen LogP contribution >= 0.6 is 0 Å². The van der Waals surface area contributed by atoms with Gasteiger partial charge in [0.05, 0.1) is 6.61 Å². The monoisotopic (exact) mass is 296 g/mol. The van der Waals surface area contributed by atoms with Gasteiger partial charge in [0.25, 0.3) is 0 Å². The fourth-order valence-electron chi connectivity index (χ4n) is 2.28. The van der Waals surface area contributed by atoms with Crippen LogP contribution in [0, 0.1) is 5.92 Å². The van der Waals surface area contributed by atoms with E-state index in [9.17, 15) is 8.42 Å². The quantitative estimate of drug-likeness (QED) is 0.592. The molecule has 0 spiro atoms. The molecule has 1 aromatic rings. The van der Waals surface area contributed by atoms with Gasteiger partial charge < -0.3 is 4.74 Å². The van der Waals surface area contributed by atoms with Gasteiger partial charge in [0, 0.05) is 32.1 Å². The van der Waals surface area contributed by atoms with E-state index in [0.717, 1.165) is 12.8 Å². The second-order valence-electron chi connectivity index (χ2n) is 4.86. The Morgan fingerprint density at radius 1 is 1.45 bits per heavy atom. The molecule has 0 bridgehead atoms. The Kier molecular flexibility index (Phi) is 5.28. The summed E-state index contributed by atoms with van der Waals surface area (Å²) in [5, 5.41) is 0. The fourth-order valence-corrected chi connectivity index (χ4v) is 3.72. The molecule has 0 N–H and O–H groups in total. The fraction of sp³-hybridized carbons (Fsp3) is 0.500. The van der Waals surface area contributed by atoms with Crippen LogP contribution < -0.4 is 0 Å². The number of aromatic nitrogens is 1. The molecule has 5 nitrogen and oxygen atoms in total. The Hall–Kier alpha value is -1.24. The van der Waals surface area contributed by atoms with Crippen molar-refractivity contribution in [3.05, 3.63) is 37.2 Å². The van der Waals surface area contributed by atoms with Gasteiger partial charge in [-0.3, -0.25) is 4.98 Å². The highest BCUT2D eigenvalue weighted by molar-refractivity contribution is 7.89. The molecule has 6 heteroatoms. The van der Waals surface area contributed by atoms with Gasteiger partial charge in [-0.2, -0.15) is 4.31 Å². The lowest BCUT2D eigenvalue weighted by atomic mass is 9.99. The van der Waals surface area contributed by atoms with E-state index < -0.39 is 10.0 Å². The SMILES string of the molecule is C=CCOCC1CCN(S(=O)(=O)c2cccnc2)CC1. The van der Waals surface area contributed by atoms with Gasteiger partial charge >= 0.3 is 0 Å². The standard InChI is InChI=1S/C14H20N2O3S/c1-2-10-19-12-13-5-8-16(9-6-13)20(17,18)14-4-3-7-15-11-14/h2-4,7,11,13H,1,5-6,8-10,12H2. The average Bonchev–Trinajstić information content (AvgIpc) is 2.49. The van der Waals surface area contributed by atoms with Crippen LogP contribution in [0.4, 0.5) is 0 Å². The molecule has 2 rings (SSSR count). The van der Waals surface area contributed by atoms with Crippen LogP contribution in [0.3, 0.4) is 0 Å². The Balaban J connectivity index is 1.92. The Morgan fingerprint density at radius 2 is 2.20 bits per heavy atom. The molecule has 0 aliphatic carbocycles. The van der Waals surface area contributed by atoms with Gasteiger partial charge in [0.15, 0.2) is 0 Å². The molecule has 0 saturated carbocycles. The van der Waals surface area contributed by atoms with Gasteiger partial charge in [-0.05, 0) is 30.9 Å². The van der Waals surface area contributed by atoms with Crippen molar-refractivity contribution in [3.63, 3.8) is 0 Å². The highest BCUT2D eigenvalue weighted by Gasteiger charge is 2.29. The van der Waals surface area contributed by atoms with Crippen molar-refractivity contribution in [2.45, 2.75) is 17.7 Å². The zero-order chi connectivity index (χ0) is 14.4. The number of sulfonamides is 1. The molecule has 20 heavy (non-hydrogen) atoms. The maximum absolute atomic E-state index is 12.4. The largest absolute Gasteiger partial charge is 0.377 e. The van der Waals surface area contributed by atoms with Crippen molar-refractivity contribution in [1.29, 1.82) is 0 Å². The lowest BCUT2D eigenvalue weighted by Crippen LogP contribution is -2.39. The first-order valence-electron chi connectivity index (χ1n) is 6.73. The Labute approximate surface area is 120 Å². The molecule has 0 atom stereocenters. The van der Waals surface area contributed by atoms with Gasteiger partial charge in [-0.25, -0.2) is 8.42 Å². The van der Waals surface area contributed by atoms with Crippen LogP contribution in [0.25, 0.3) is 0 Å². The van der Waals surface area contributed by atoms with Crippen molar-refractivity contribution in [2.75, 3.05) is 26.3 Å². The topological polar surface area (TPSA) is 59.5 Å². The molecule has 110 valence electrons.